The van der Waals surface area contributed by atoms with Crippen LogP contribution in [0.2, 0.25) is 0 Å². The Kier molecular flexibility index (Phi) is 4.37. The van der Waals surface area contributed by atoms with Gasteiger partial charge in [-0.15, -0.1) is 11.3 Å². The predicted molar refractivity (Wildman–Crippen MR) is 86.5 cm³/mol. The van der Waals surface area contributed by atoms with Gasteiger partial charge in [0.25, 0.3) is 11.5 Å². The highest BCUT2D eigenvalue weighted by atomic mass is 32.1. The number of rotatable bonds is 4. The first-order chi connectivity index (χ1) is 11.4. The lowest BCUT2D eigenvalue weighted by Gasteiger charge is -2.33. The van der Waals surface area contributed by atoms with Crippen molar-refractivity contribution >= 4 is 28.2 Å². The molecule has 2 aromatic heterocycles. The van der Waals surface area contributed by atoms with E-state index in [0.717, 1.165) is 0 Å². The van der Waals surface area contributed by atoms with E-state index in [2.05, 4.69) is 10.3 Å². The van der Waals surface area contributed by atoms with E-state index >= 15 is 0 Å². The highest BCUT2D eigenvalue weighted by molar-refractivity contribution is 7.15. The number of aromatic nitrogens is 2. The van der Waals surface area contributed by atoms with Crippen molar-refractivity contribution in [2.45, 2.75) is 19.8 Å². The molecule has 2 aromatic rings. The minimum atomic E-state index is -1.06. The lowest BCUT2D eigenvalue weighted by Crippen LogP contribution is -2.47. The Labute approximate surface area is 141 Å². The van der Waals surface area contributed by atoms with Gasteiger partial charge in [0.1, 0.15) is 5.56 Å². The molecule has 128 valence electrons. The summed E-state index contributed by atoms with van der Waals surface area (Å²) in [6, 6.07) is 0. The van der Waals surface area contributed by atoms with Gasteiger partial charge in [-0.2, -0.15) is 0 Å². The molecule has 0 aliphatic carbocycles. The molecule has 1 fully saturated rings. The zero-order valence-electron chi connectivity index (χ0n) is 13.1. The van der Waals surface area contributed by atoms with Crippen molar-refractivity contribution in [1.82, 2.24) is 14.7 Å². The summed E-state index contributed by atoms with van der Waals surface area (Å²) in [5, 5.41) is 13.9. The number of carboxylic acid groups (broad SMARTS) is 1. The summed E-state index contributed by atoms with van der Waals surface area (Å²) in [5.74, 6) is -1.58. The molecule has 8 nitrogen and oxygen atoms in total. The van der Waals surface area contributed by atoms with Crippen LogP contribution in [0.1, 0.15) is 28.9 Å². The third-order valence-corrected chi connectivity index (χ3v) is 5.31. The van der Waals surface area contributed by atoms with Crippen LogP contribution in [0.15, 0.2) is 16.4 Å². The number of nitrogens with zero attached hydrogens (tertiary/aromatic N) is 2. The number of aryl methyl sites for hydroxylation is 1. The average molecular weight is 351 g/mol. The second-order valence-corrected chi connectivity index (χ2v) is 6.69. The van der Waals surface area contributed by atoms with Crippen LogP contribution >= 0.6 is 11.3 Å². The largest absolute Gasteiger partial charge is 0.481 e. The maximum absolute atomic E-state index is 12.4. The van der Waals surface area contributed by atoms with E-state index in [1.165, 1.54) is 21.9 Å². The molecule has 0 atom stereocenters. The molecule has 2 N–H and O–H groups in total. The Morgan fingerprint density at radius 1 is 1.46 bits per heavy atom. The normalized spacial score (nSPS) is 16.9. The second-order valence-electron chi connectivity index (χ2n) is 5.85. The molecule has 0 saturated carbocycles. The zero-order valence-corrected chi connectivity index (χ0v) is 13.9. The van der Waals surface area contributed by atoms with Gasteiger partial charge >= 0.3 is 5.97 Å². The van der Waals surface area contributed by atoms with E-state index in [0.29, 0.717) is 36.7 Å². The number of hydrogen-bond acceptors (Lipinski definition) is 6. The number of ether oxygens (including phenoxy) is 1. The summed E-state index contributed by atoms with van der Waals surface area (Å²) in [5.41, 5.74) is -0.900. The Balaban J connectivity index is 1.82. The number of thiazole rings is 1. The summed E-state index contributed by atoms with van der Waals surface area (Å²) >= 11 is 1.32. The molecule has 0 spiro atoms. The van der Waals surface area contributed by atoms with E-state index in [9.17, 15) is 19.5 Å². The third-order valence-electron chi connectivity index (χ3n) is 4.35. The van der Waals surface area contributed by atoms with Gasteiger partial charge in [0.2, 0.25) is 0 Å². The summed E-state index contributed by atoms with van der Waals surface area (Å²) in [7, 11) is 0. The maximum atomic E-state index is 12.4. The molecule has 0 unspecified atom stereocenters. The fourth-order valence-corrected chi connectivity index (χ4v) is 3.58. The molecule has 0 aromatic carbocycles. The Morgan fingerprint density at radius 3 is 2.83 bits per heavy atom. The van der Waals surface area contributed by atoms with Crippen LogP contribution in [0.3, 0.4) is 0 Å². The van der Waals surface area contributed by atoms with Gasteiger partial charge in [0.05, 0.1) is 5.41 Å². The SMILES string of the molecule is Cc1csc2ncc(C(=O)NCC3(C(=O)O)CCOCC3)c(=O)n12. The standard InChI is InChI=1S/C15H17N3O5S/c1-9-7-24-14-16-6-10(12(20)18(9)14)11(19)17-8-15(13(21)22)2-4-23-5-3-15/h6-7H,2-5,8H2,1H3,(H,17,19)(H,21,22). The van der Waals surface area contributed by atoms with Crippen LogP contribution in [0, 0.1) is 12.3 Å². The molecule has 24 heavy (non-hydrogen) atoms. The average Bonchev–Trinajstić information content (AvgIpc) is 2.96. The van der Waals surface area contributed by atoms with Gasteiger partial charge in [0, 0.05) is 37.0 Å². The summed E-state index contributed by atoms with van der Waals surface area (Å²) in [4.78, 5) is 41.0. The zero-order chi connectivity index (χ0) is 17.3. The highest BCUT2D eigenvalue weighted by Gasteiger charge is 2.40. The van der Waals surface area contributed by atoms with Crippen LogP contribution in [0.25, 0.3) is 4.96 Å². The first-order valence-electron chi connectivity index (χ1n) is 7.50. The van der Waals surface area contributed by atoms with Crippen LogP contribution in [0.4, 0.5) is 0 Å². The van der Waals surface area contributed by atoms with Crippen LogP contribution in [-0.4, -0.2) is 46.1 Å². The van der Waals surface area contributed by atoms with Crippen molar-refractivity contribution in [2.24, 2.45) is 5.41 Å². The summed E-state index contributed by atoms with van der Waals surface area (Å²) < 4.78 is 6.58. The van der Waals surface area contributed by atoms with Gasteiger partial charge in [-0.3, -0.25) is 18.8 Å². The Hall–Kier alpha value is -2.26. The van der Waals surface area contributed by atoms with Gasteiger partial charge in [-0.25, -0.2) is 4.98 Å². The van der Waals surface area contributed by atoms with Crippen molar-refractivity contribution in [2.75, 3.05) is 19.8 Å². The lowest BCUT2D eigenvalue weighted by molar-refractivity contribution is -0.154. The number of amides is 1. The topological polar surface area (TPSA) is 110 Å². The van der Waals surface area contributed by atoms with E-state index in [4.69, 9.17) is 4.74 Å². The predicted octanol–water partition coefficient (Wildman–Crippen LogP) is 0.676. The molecule has 1 aliphatic rings. The number of aliphatic carboxylic acids is 1. The van der Waals surface area contributed by atoms with Crippen LogP contribution < -0.4 is 10.9 Å². The molecular formula is C15H17N3O5S. The molecule has 9 heteroatoms. The van der Waals surface area contributed by atoms with Gasteiger partial charge in [-0.05, 0) is 19.8 Å². The van der Waals surface area contributed by atoms with Crippen molar-refractivity contribution in [3.05, 3.63) is 33.2 Å². The number of carboxylic acids is 1. The van der Waals surface area contributed by atoms with E-state index in [1.54, 1.807) is 12.3 Å². The lowest BCUT2D eigenvalue weighted by atomic mass is 9.80. The third kappa shape index (κ3) is 2.80. The van der Waals surface area contributed by atoms with Crippen molar-refractivity contribution in [3.8, 4) is 0 Å². The van der Waals surface area contributed by atoms with E-state index < -0.39 is 22.9 Å². The fourth-order valence-electron chi connectivity index (χ4n) is 2.75. The molecule has 1 amide bonds. The molecule has 3 heterocycles. The van der Waals surface area contributed by atoms with Crippen molar-refractivity contribution in [1.29, 1.82) is 0 Å². The molecule has 0 radical (unpaired) electrons. The Bertz CT molecular complexity index is 850. The van der Waals surface area contributed by atoms with Crippen molar-refractivity contribution < 1.29 is 19.4 Å². The number of hydrogen-bond donors (Lipinski definition) is 2. The molecule has 1 aliphatic heterocycles. The quantitative estimate of drug-likeness (QED) is 0.838. The smallest absolute Gasteiger partial charge is 0.311 e. The second kappa shape index (κ2) is 6.33. The minimum absolute atomic E-state index is 0.0463. The molecular weight excluding hydrogens is 334 g/mol. The highest BCUT2D eigenvalue weighted by Crippen LogP contribution is 2.30. The molecule has 0 bridgehead atoms. The minimum Gasteiger partial charge on any atom is -0.481 e. The maximum Gasteiger partial charge on any atom is 0.311 e. The van der Waals surface area contributed by atoms with Crippen LogP contribution in [-0.2, 0) is 9.53 Å². The Morgan fingerprint density at radius 2 is 2.17 bits per heavy atom. The van der Waals surface area contributed by atoms with Gasteiger partial charge < -0.3 is 15.2 Å². The number of carbonyl (C=O) groups is 2. The number of nitrogens with one attached hydrogen (secondary N) is 1. The van der Waals surface area contributed by atoms with E-state index in [-0.39, 0.29) is 12.1 Å². The number of carbonyl (C=O) groups excluding carboxylic acids is 1. The monoisotopic (exact) mass is 351 g/mol. The van der Waals surface area contributed by atoms with Crippen LogP contribution in [0.5, 0.6) is 0 Å². The molecule has 3 rings (SSSR count). The first kappa shape index (κ1) is 16.6. The van der Waals surface area contributed by atoms with Crippen molar-refractivity contribution in [3.63, 3.8) is 0 Å². The summed E-state index contributed by atoms with van der Waals surface area (Å²) in [6.45, 7) is 2.39. The fraction of sp³-hybridized carbons (Fsp3) is 0.467. The van der Waals surface area contributed by atoms with Gasteiger partial charge in [0.15, 0.2) is 4.96 Å². The van der Waals surface area contributed by atoms with Gasteiger partial charge in [-0.1, -0.05) is 0 Å². The molecule has 1 saturated heterocycles. The number of fused-ring (bicyclic) bond motifs is 1. The summed E-state index contributed by atoms with van der Waals surface area (Å²) in [6.07, 6.45) is 1.88. The first-order valence-corrected chi connectivity index (χ1v) is 8.38. The van der Waals surface area contributed by atoms with E-state index in [1.807, 2.05) is 0 Å².